The Hall–Kier alpha value is -2.77. The molecule has 0 unspecified atom stereocenters. The standard InChI is InChI=1S/C20H20ClN5O2/c21-15-4-2-14(3-5-15)12-25-6-1-7-26(9-8-25)20(28)17-10-16-18(11-22-17)23-13-24-19(16)27/h2-5,10-11,13H,1,6-9,12H2,(H,23,24,27). The lowest BCUT2D eigenvalue weighted by Crippen LogP contribution is -2.35. The molecule has 0 aliphatic carbocycles. The minimum Gasteiger partial charge on any atom is -0.336 e. The molecule has 1 aliphatic heterocycles. The summed E-state index contributed by atoms with van der Waals surface area (Å²) in [5, 5.41) is 1.10. The molecule has 3 aromatic rings. The van der Waals surface area contributed by atoms with Gasteiger partial charge in [-0.15, -0.1) is 0 Å². The van der Waals surface area contributed by atoms with Crippen LogP contribution in [0.3, 0.4) is 0 Å². The molecule has 1 saturated heterocycles. The van der Waals surface area contributed by atoms with Crippen LogP contribution in [-0.2, 0) is 6.54 Å². The molecular weight excluding hydrogens is 378 g/mol. The molecule has 1 N–H and O–H groups in total. The predicted molar refractivity (Wildman–Crippen MR) is 107 cm³/mol. The fourth-order valence-corrected chi connectivity index (χ4v) is 3.56. The molecule has 0 radical (unpaired) electrons. The van der Waals surface area contributed by atoms with E-state index in [1.54, 1.807) is 4.90 Å². The summed E-state index contributed by atoms with van der Waals surface area (Å²) in [6.07, 6.45) is 3.69. The second-order valence-electron chi connectivity index (χ2n) is 6.87. The van der Waals surface area contributed by atoms with Gasteiger partial charge in [-0.1, -0.05) is 23.7 Å². The van der Waals surface area contributed by atoms with Crippen LogP contribution in [0.15, 0.2) is 47.7 Å². The van der Waals surface area contributed by atoms with Crippen molar-refractivity contribution in [2.75, 3.05) is 26.2 Å². The maximum absolute atomic E-state index is 12.9. The smallest absolute Gasteiger partial charge is 0.272 e. The quantitative estimate of drug-likeness (QED) is 0.733. The lowest BCUT2D eigenvalue weighted by atomic mass is 10.2. The number of fused-ring (bicyclic) bond motifs is 1. The molecule has 1 aliphatic rings. The van der Waals surface area contributed by atoms with Crippen molar-refractivity contribution >= 4 is 28.4 Å². The maximum Gasteiger partial charge on any atom is 0.272 e. The summed E-state index contributed by atoms with van der Waals surface area (Å²) in [5.41, 5.74) is 1.68. The fraction of sp³-hybridized carbons (Fsp3) is 0.300. The van der Waals surface area contributed by atoms with Crippen LogP contribution in [0.2, 0.25) is 5.02 Å². The van der Waals surface area contributed by atoms with Gasteiger partial charge in [0.25, 0.3) is 11.5 Å². The monoisotopic (exact) mass is 397 g/mol. The third-order valence-electron chi connectivity index (χ3n) is 4.94. The third kappa shape index (κ3) is 4.05. The van der Waals surface area contributed by atoms with E-state index in [2.05, 4.69) is 19.9 Å². The SMILES string of the molecule is O=C(c1cc2c(=O)[nH]cnc2cn1)N1CCCN(Cc2ccc(Cl)cc2)CC1. The van der Waals surface area contributed by atoms with Gasteiger partial charge in [0.2, 0.25) is 0 Å². The highest BCUT2D eigenvalue weighted by atomic mass is 35.5. The Morgan fingerprint density at radius 3 is 2.75 bits per heavy atom. The average molecular weight is 398 g/mol. The number of halogens is 1. The highest BCUT2D eigenvalue weighted by Gasteiger charge is 2.22. The molecule has 8 heteroatoms. The molecule has 28 heavy (non-hydrogen) atoms. The van der Waals surface area contributed by atoms with Crippen LogP contribution in [0.1, 0.15) is 22.5 Å². The highest BCUT2D eigenvalue weighted by Crippen LogP contribution is 2.15. The van der Waals surface area contributed by atoms with Gasteiger partial charge in [0, 0.05) is 37.7 Å². The number of pyridine rings is 1. The number of carbonyl (C=O) groups excluding carboxylic acids is 1. The fourth-order valence-electron chi connectivity index (χ4n) is 3.43. The molecule has 3 heterocycles. The van der Waals surface area contributed by atoms with Crippen LogP contribution in [0, 0.1) is 0 Å². The van der Waals surface area contributed by atoms with Gasteiger partial charge in [0.1, 0.15) is 5.69 Å². The van der Waals surface area contributed by atoms with Crippen LogP contribution in [-0.4, -0.2) is 56.8 Å². The Morgan fingerprint density at radius 2 is 1.93 bits per heavy atom. The molecule has 0 saturated carbocycles. The Kier molecular flexibility index (Phi) is 5.36. The number of aromatic nitrogens is 3. The molecule has 1 fully saturated rings. The van der Waals surface area contributed by atoms with Gasteiger partial charge in [-0.2, -0.15) is 0 Å². The highest BCUT2D eigenvalue weighted by molar-refractivity contribution is 6.30. The van der Waals surface area contributed by atoms with Crippen molar-refractivity contribution in [3.63, 3.8) is 0 Å². The second kappa shape index (κ2) is 8.08. The molecule has 4 rings (SSSR count). The van der Waals surface area contributed by atoms with E-state index in [4.69, 9.17) is 11.6 Å². The van der Waals surface area contributed by atoms with Crippen molar-refractivity contribution < 1.29 is 4.79 Å². The largest absolute Gasteiger partial charge is 0.336 e. The van der Waals surface area contributed by atoms with E-state index in [0.29, 0.717) is 24.0 Å². The minimum atomic E-state index is -0.272. The molecule has 0 atom stereocenters. The maximum atomic E-state index is 12.9. The van der Waals surface area contributed by atoms with Crippen molar-refractivity contribution in [1.29, 1.82) is 0 Å². The van der Waals surface area contributed by atoms with Crippen LogP contribution < -0.4 is 5.56 Å². The van der Waals surface area contributed by atoms with Gasteiger partial charge >= 0.3 is 0 Å². The molecule has 1 amide bonds. The number of hydrogen-bond donors (Lipinski definition) is 1. The summed E-state index contributed by atoms with van der Waals surface area (Å²) in [6, 6.07) is 9.38. The first-order chi connectivity index (χ1) is 13.6. The normalized spacial score (nSPS) is 15.5. The lowest BCUT2D eigenvalue weighted by Gasteiger charge is -2.22. The first-order valence-electron chi connectivity index (χ1n) is 9.20. The van der Waals surface area contributed by atoms with Gasteiger partial charge in [-0.3, -0.25) is 14.5 Å². The van der Waals surface area contributed by atoms with Crippen molar-refractivity contribution in [2.24, 2.45) is 0 Å². The zero-order valence-corrected chi connectivity index (χ0v) is 16.0. The number of amides is 1. The molecule has 0 spiro atoms. The Morgan fingerprint density at radius 1 is 1.11 bits per heavy atom. The first kappa shape index (κ1) is 18.6. The number of H-pyrrole nitrogens is 1. The third-order valence-corrected chi connectivity index (χ3v) is 5.19. The van der Waals surface area contributed by atoms with E-state index in [0.717, 1.165) is 31.1 Å². The Balaban J connectivity index is 1.45. The van der Waals surface area contributed by atoms with Crippen molar-refractivity contribution in [3.8, 4) is 0 Å². The van der Waals surface area contributed by atoms with Crippen molar-refractivity contribution in [1.82, 2.24) is 24.8 Å². The number of carbonyl (C=O) groups is 1. The molecule has 144 valence electrons. The van der Waals surface area contributed by atoms with E-state index >= 15 is 0 Å². The topological polar surface area (TPSA) is 82.2 Å². The number of hydrogen-bond acceptors (Lipinski definition) is 5. The summed E-state index contributed by atoms with van der Waals surface area (Å²) < 4.78 is 0. The van der Waals surface area contributed by atoms with Crippen LogP contribution in [0.25, 0.3) is 10.9 Å². The van der Waals surface area contributed by atoms with E-state index in [9.17, 15) is 9.59 Å². The first-order valence-corrected chi connectivity index (χ1v) is 9.57. The van der Waals surface area contributed by atoms with E-state index in [-0.39, 0.29) is 17.2 Å². The number of rotatable bonds is 3. The van der Waals surface area contributed by atoms with Crippen molar-refractivity contribution in [2.45, 2.75) is 13.0 Å². The van der Waals surface area contributed by atoms with Crippen LogP contribution in [0.5, 0.6) is 0 Å². The zero-order chi connectivity index (χ0) is 19.5. The van der Waals surface area contributed by atoms with Crippen LogP contribution in [0.4, 0.5) is 0 Å². The number of benzene rings is 1. The molecule has 0 bridgehead atoms. The summed E-state index contributed by atoms with van der Waals surface area (Å²) in [6.45, 7) is 3.81. The van der Waals surface area contributed by atoms with Crippen LogP contribution >= 0.6 is 11.6 Å². The van der Waals surface area contributed by atoms with Gasteiger partial charge in [-0.05, 0) is 30.2 Å². The number of aromatic amines is 1. The molecular formula is C20H20ClN5O2. The Labute approximate surface area is 167 Å². The second-order valence-corrected chi connectivity index (χ2v) is 7.30. The van der Waals surface area contributed by atoms with E-state index < -0.39 is 0 Å². The van der Waals surface area contributed by atoms with E-state index in [1.807, 2.05) is 24.3 Å². The zero-order valence-electron chi connectivity index (χ0n) is 15.3. The van der Waals surface area contributed by atoms with Gasteiger partial charge < -0.3 is 9.88 Å². The van der Waals surface area contributed by atoms with Gasteiger partial charge in [-0.25, -0.2) is 9.97 Å². The summed E-state index contributed by atoms with van der Waals surface area (Å²) in [4.78, 5) is 39.8. The van der Waals surface area contributed by atoms with Gasteiger partial charge in [0.05, 0.1) is 23.4 Å². The lowest BCUT2D eigenvalue weighted by molar-refractivity contribution is 0.0755. The predicted octanol–water partition coefficient (Wildman–Crippen LogP) is 2.32. The number of nitrogens with one attached hydrogen (secondary N) is 1. The average Bonchev–Trinajstić information content (AvgIpc) is 2.95. The molecule has 7 nitrogen and oxygen atoms in total. The Bertz CT molecular complexity index is 1050. The molecule has 2 aromatic heterocycles. The summed E-state index contributed by atoms with van der Waals surface area (Å²) >= 11 is 5.95. The van der Waals surface area contributed by atoms with E-state index in [1.165, 1.54) is 24.2 Å². The summed E-state index contributed by atoms with van der Waals surface area (Å²) in [7, 11) is 0. The van der Waals surface area contributed by atoms with Gasteiger partial charge in [0.15, 0.2) is 0 Å². The van der Waals surface area contributed by atoms with Crippen molar-refractivity contribution in [3.05, 3.63) is 69.5 Å². The molecule has 1 aromatic carbocycles. The number of nitrogens with zero attached hydrogens (tertiary/aromatic N) is 4. The minimum absolute atomic E-state index is 0.154. The summed E-state index contributed by atoms with van der Waals surface area (Å²) in [5.74, 6) is -0.154.